The van der Waals surface area contributed by atoms with Crippen molar-refractivity contribution >= 4 is 27.3 Å². The highest BCUT2D eigenvalue weighted by molar-refractivity contribution is 7.18. The minimum atomic E-state index is -0.0219. The normalized spacial score (nSPS) is 18.0. The molecule has 2 nitrogen and oxygen atoms in total. The second-order valence-corrected chi connectivity index (χ2v) is 6.81. The van der Waals surface area contributed by atoms with E-state index < -0.39 is 0 Å². The molecule has 1 aliphatic carbocycles. The molecule has 1 atom stereocenters. The van der Waals surface area contributed by atoms with Gasteiger partial charge in [-0.1, -0.05) is 30.3 Å². The summed E-state index contributed by atoms with van der Waals surface area (Å²) < 4.78 is 1.19. The number of thiazole rings is 1. The number of Topliss-reactive ketones (excluding diaryl/α,β-unsaturated/α-hetero) is 1. The summed E-state index contributed by atoms with van der Waals surface area (Å²) in [7, 11) is 0. The lowest BCUT2D eigenvalue weighted by Crippen LogP contribution is -2.20. The van der Waals surface area contributed by atoms with Gasteiger partial charge in [-0.2, -0.15) is 0 Å². The maximum absolute atomic E-state index is 12.7. The number of fused-ring (bicyclic) bond motifs is 2. The van der Waals surface area contributed by atoms with E-state index in [1.54, 1.807) is 11.3 Å². The molecule has 0 unspecified atom stereocenters. The van der Waals surface area contributed by atoms with Crippen LogP contribution in [0.15, 0.2) is 42.5 Å². The van der Waals surface area contributed by atoms with Crippen LogP contribution in [0, 0.1) is 6.92 Å². The number of hydrogen-bond donors (Lipinski definition) is 0. The van der Waals surface area contributed by atoms with Gasteiger partial charge in [0.15, 0.2) is 5.78 Å². The second-order valence-electron chi connectivity index (χ2n) is 5.57. The largest absolute Gasteiger partial charge is 0.293 e. The molecular formula is C18H15NOS. The van der Waals surface area contributed by atoms with Crippen LogP contribution in [0.2, 0.25) is 0 Å². The van der Waals surface area contributed by atoms with Gasteiger partial charge in [0.2, 0.25) is 0 Å². The van der Waals surface area contributed by atoms with E-state index in [9.17, 15) is 4.79 Å². The predicted molar refractivity (Wildman–Crippen MR) is 86.2 cm³/mol. The molecule has 104 valence electrons. The number of hydrogen-bond acceptors (Lipinski definition) is 3. The SMILES string of the molecule is Cc1nc2cc([C@@H]3CCc4ccccc4C3=O)ccc2s1. The monoisotopic (exact) mass is 293 g/mol. The van der Waals surface area contributed by atoms with Crippen molar-refractivity contribution in [2.24, 2.45) is 0 Å². The lowest BCUT2D eigenvalue weighted by Gasteiger charge is -2.23. The second kappa shape index (κ2) is 4.78. The summed E-state index contributed by atoms with van der Waals surface area (Å²) >= 11 is 1.70. The van der Waals surface area contributed by atoms with Gasteiger partial charge < -0.3 is 0 Å². The number of nitrogens with zero attached hydrogens (tertiary/aromatic N) is 1. The Morgan fingerprint density at radius 3 is 2.95 bits per heavy atom. The van der Waals surface area contributed by atoms with Crippen molar-refractivity contribution < 1.29 is 4.79 Å². The molecule has 0 aliphatic heterocycles. The summed E-state index contributed by atoms with van der Waals surface area (Å²) in [6.07, 6.45) is 1.87. The highest BCUT2D eigenvalue weighted by Gasteiger charge is 2.28. The van der Waals surface area contributed by atoms with Gasteiger partial charge in [0.05, 0.1) is 15.2 Å². The molecule has 2 aromatic carbocycles. The summed E-state index contributed by atoms with van der Waals surface area (Å²) in [5.74, 6) is 0.231. The van der Waals surface area contributed by atoms with Crippen LogP contribution in [0.3, 0.4) is 0 Å². The van der Waals surface area contributed by atoms with E-state index in [1.165, 1.54) is 10.3 Å². The fraction of sp³-hybridized carbons (Fsp3) is 0.222. The van der Waals surface area contributed by atoms with Crippen molar-refractivity contribution in [2.45, 2.75) is 25.7 Å². The Bertz CT molecular complexity index is 849. The molecule has 1 aromatic heterocycles. The number of carbonyl (C=O) groups excluding carboxylic acids is 1. The van der Waals surface area contributed by atoms with Crippen LogP contribution >= 0.6 is 11.3 Å². The van der Waals surface area contributed by atoms with Gasteiger partial charge >= 0.3 is 0 Å². The molecule has 1 aliphatic rings. The van der Waals surface area contributed by atoms with Crippen molar-refractivity contribution in [3.63, 3.8) is 0 Å². The first-order chi connectivity index (χ1) is 10.2. The Morgan fingerprint density at radius 2 is 2.05 bits per heavy atom. The smallest absolute Gasteiger partial charge is 0.170 e. The molecule has 3 heteroatoms. The molecule has 0 bridgehead atoms. The van der Waals surface area contributed by atoms with E-state index in [0.717, 1.165) is 34.5 Å². The topological polar surface area (TPSA) is 30.0 Å². The first-order valence-corrected chi connectivity index (χ1v) is 8.03. The summed E-state index contributed by atoms with van der Waals surface area (Å²) in [6, 6.07) is 14.3. The molecule has 21 heavy (non-hydrogen) atoms. The number of rotatable bonds is 1. The first kappa shape index (κ1) is 12.7. The molecule has 4 rings (SSSR count). The number of aryl methyl sites for hydroxylation is 2. The van der Waals surface area contributed by atoms with Crippen LogP contribution in [0.25, 0.3) is 10.2 Å². The zero-order valence-electron chi connectivity index (χ0n) is 11.8. The number of aromatic nitrogens is 1. The van der Waals surface area contributed by atoms with E-state index in [2.05, 4.69) is 29.2 Å². The molecule has 0 amide bonds. The van der Waals surface area contributed by atoms with Crippen LogP contribution < -0.4 is 0 Å². The lowest BCUT2D eigenvalue weighted by atomic mass is 9.79. The minimum absolute atomic E-state index is 0.0219. The van der Waals surface area contributed by atoms with Gasteiger partial charge in [-0.15, -0.1) is 11.3 Å². The van der Waals surface area contributed by atoms with E-state index >= 15 is 0 Å². The van der Waals surface area contributed by atoms with Crippen LogP contribution in [0.4, 0.5) is 0 Å². The van der Waals surface area contributed by atoms with E-state index in [1.807, 2.05) is 25.1 Å². The summed E-state index contributed by atoms with van der Waals surface area (Å²) in [6.45, 7) is 2.02. The quantitative estimate of drug-likeness (QED) is 0.660. The van der Waals surface area contributed by atoms with Crippen LogP contribution in [0.1, 0.15) is 38.8 Å². The molecule has 3 aromatic rings. The summed E-state index contributed by atoms with van der Waals surface area (Å²) in [4.78, 5) is 17.3. The molecular weight excluding hydrogens is 278 g/mol. The minimum Gasteiger partial charge on any atom is -0.293 e. The Labute approximate surface area is 127 Å². The van der Waals surface area contributed by atoms with Gasteiger partial charge in [0.1, 0.15) is 0 Å². The number of ketones is 1. The van der Waals surface area contributed by atoms with Crippen molar-refractivity contribution in [1.29, 1.82) is 0 Å². The zero-order chi connectivity index (χ0) is 14.4. The Morgan fingerprint density at radius 1 is 1.19 bits per heavy atom. The zero-order valence-corrected chi connectivity index (χ0v) is 12.6. The van der Waals surface area contributed by atoms with Gasteiger partial charge in [-0.3, -0.25) is 4.79 Å². The molecule has 1 heterocycles. The first-order valence-electron chi connectivity index (χ1n) is 7.21. The van der Waals surface area contributed by atoms with Crippen LogP contribution in [-0.4, -0.2) is 10.8 Å². The van der Waals surface area contributed by atoms with Crippen molar-refractivity contribution in [1.82, 2.24) is 4.98 Å². The highest BCUT2D eigenvalue weighted by atomic mass is 32.1. The maximum atomic E-state index is 12.7. The summed E-state index contributed by atoms with van der Waals surface area (Å²) in [5.41, 5.74) is 4.20. The Hall–Kier alpha value is -2.00. The van der Waals surface area contributed by atoms with Crippen molar-refractivity contribution in [2.75, 3.05) is 0 Å². The molecule has 0 fully saturated rings. The third-order valence-corrected chi connectivity index (χ3v) is 5.17. The number of benzene rings is 2. The Kier molecular flexibility index (Phi) is 2.89. The highest BCUT2D eigenvalue weighted by Crippen LogP contribution is 2.34. The molecule has 0 saturated heterocycles. The Balaban J connectivity index is 1.77. The number of carbonyl (C=O) groups is 1. The van der Waals surface area contributed by atoms with E-state index in [4.69, 9.17) is 0 Å². The third-order valence-electron chi connectivity index (χ3n) is 4.22. The molecule has 0 saturated carbocycles. The average molecular weight is 293 g/mol. The van der Waals surface area contributed by atoms with Crippen molar-refractivity contribution in [3.8, 4) is 0 Å². The fourth-order valence-corrected chi connectivity index (χ4v) is 4.00. The van der Waals surface area contributed by atoms with Crippen LogP contribution in [0.5, 0.6) is 0 Å². The standard InChI is InChI=1S/C18H15NOS/c1-11-19-16-10-13(7-9-17(16)21-11)15-8-6-12-4-2-3-5-14(12)18(15)20/h2-5,7,9-10,15H,6,8H2,1H3/t15-/m0/s1. The lowest BCUT2D eigenvalue weighted by molar-refractivity contribution is 0.0946. The van der Waals surface area contributed by atoms with Gasteiger partial charge in [-0.25, -0.2) is 4.98 Å². The molecule has 0 spiro atoms. The summed E-state index contributed by atoms with van der Waals surface area (Å²) in [5, 5.41) is 1.07. The fourth-order valence-electron chi connectivity index (χ4n) is 3.19. The maximum Gasteiger partial charge on any atom is 0.170 e. The van der Waals surface area contributed by atoms with Crippen molar-refractivity contribution in [3.05, 3.63) is 64.2 Å². The molecule has 0 N–H and O–H groups in total. The molecule has 0 radical (unpaired) electrons. The average Bonchev–Trinajstić information content (AvgIpc) is 2.87. The third kappa shape index (κ3) is 2.09. The van der Waals surface area contributed by atoms with E-state index in [-0.39, 0.29) is 11.7 Å². The van der Waals surface area contributed by atoms with Crippen LogP contribution in [-0.2, 0) is 6.42 Å². The predicted octanol–water partition coefficient (Wildman–Crippen LogP) is 4.52. The van der Waals surface area contributed by atoms with Gasteiger partial charge in [0.25, 0.3) is 0 Å². The van der Waals surface area contributed by atoms with E-state index in [0.29, 0.717) is 0 Å². The van der Waals surface area contributed by atoms with Gasteiger partial charge in [0, 0.05) is 11.5 Å². The van der Waals surface area contributed by atoms with Gasteiger partial charge in [-0.05, 0) is 43.0 Å².